The van der Waals surface area contributed by atoms with Gasteiger partial charge in [-0.2, -0.15) is 0 Å². The van der Waals surface area contributed by atoms with Crippen LogP contribution in [0.25, 0.3) is 0 Å². The van der Waals surface area contributed by atoms with Crippen LogP contribution in [0.15, 0.2) is 47.6 Å². The van der Waals surface area contributed by atoms with Crippen LogP contribution in [0.2, 0.25) is 0 Å². The van der Waals surface area contributed by atoms with E-state index in [1.807, 2.05) is 18.2 Å². The number of amidine groups is 1. The molecule has 5 heteroatoms. The third-order valence-corrected chi connectivity index (χ3v) is 3.56. The number of fused-ring (bicyclic) bond motifs is 1. The van der Waals surface area contributed by atoms with Crippen molar-refractivity contribution in [1.82, 2.24) is 4.98 Å². The topological polar surface area (TPSA) is 74.7 Å². The molecular formula is C15H16N4O. The van der Waals surface area contributed by atoms with E-state index < -0.39 is 0 Å². The number of aromatic nitrogens is 1. The minimum Gasteiger partial charge on any atom is -0.409 e. The van der Waals surface area contributed by atoms with Crippen molar-refractivity contribution < 1.29 is 5.21 Å². The molecule has 0 saturated carbocycles. The summed E-state index contributed by atoms with van der Waals surface area (Å²) in [6, 6.07) is 14.2. The Morgan fingerprint density at radius 1 is 1.30 bits per heavy atom. The fourth-order valence-electron chi connectivity index (χ4n) is 2.67. The quantitative estimate of drug-likeness (QED) is 0.379. The second-order valence-corrected chi connectivity index (χ2v) is 4.92. The molecule has 0 spiro atoms. The molecule has 5 nitrogen and oxygen atoms in total. The van der Waals surface area contributed by atoms with Crippen molar-refractivity contribution in [1.29, 1.82) is 0 Å². The third kappa shape index (κ3) is 1.97. The van der Waals surface area contributed by atoms with E-state index >= 15 is 0 Å². The summed E-state index contributed by atoms with van der Waals surface area (Å²) in [4.78, 5) is 6.67. The highest BCUT2D eigenvalue weighted by molar-refractivity contribution is 5.95. The van der Waals surface area contributed by atoms with Crippen molar-refractivity contribution in [2.75, 3.05) is 4.90 Å². The zero-order chi connectivity index (χ0) is 14.1. The molecule has 0 aliphatic carbocycles. The van der Waals surface area contributed by atoms with Crippen LogP contribution < -0.4 is 10.6 Å². The summed E-state index contributed by atoms with van der Waals surface area (Å²) in [7, 11) is 0. The first-order valence-electron chi connectivity index (χ1n) is 6.53. The van der Waals surface area contributed by atoms with Gasteiger partial charge in [-0.25, -0.2) is 4.98 Å². The van der Waals surface area contributed by atoms with Crippen LogP contribution in [0, 0.1) is 0 Å². The predicted octanol–water partition coefficient (Wildman–Crippen LogP) is 2.26. The average molecular weight is 268 g/mol. The highest BCUT2D eigenvalue weighted by Crippen LogP contribution is 2.36. The smallest absolute Gasteiger partial charge is 0.188 e. The Morgan fingerprint density at radius 2 is 2.10 bits per heavy atom. The number of pyridine rings is 1. The molecule has 102 valence electrons. The van der Waals surface area contributed by atoms with Crippen molar-refractivity contribution in [2.24, 2.45) is 10.9 Å². The summed E-state index contributed by atoms with van der Waals surface area (Å²) < 4.78 is 0. The minimum absolute atomic E-state index is 0.0204. The van der Waals surface area contributed by atoms with E-state index in [0.29, 0.717) is 11.7 Å². The van der Waals surface area contributed by atoms with Crippen LogP contribution in [-0.2, 0) is 6.42 Å². The second-order valence-electron chi connectivity index (χ2n) is 4.92. The summed E-state index contributed by atoms with van der Waals surface area (Å²) in [6.07, 6.45) is 0.992. The zero-order valence-corrected chi connectivity index (χ0v) is 11.2. The number of nitrogens with two attached hydrogens (primary N) is 1. The van der Waals surface area contributed by atoms with E-state index in [0.717, 1.165) is 12.2 Å². The van der Waals surface area contributed by atoms with Gasteiger partial charge in [0, 0.05) is 11.7 Å². The number of oxime groups is 1. The van der Waals surface area contributed by atoms with Gasteiger partial charge < -0.3 is 15.8 Å². The van der Waals surface area contributed by atoms with Gasteiger partial charge in [0.05, 0.1) is 0 Å². The Morgan fingerprint density at radius 3 is 2.90 bits per heavy atom. The summed E-state index contributed by atoms with van der Waals surface area (Å²) in [5, 5.41) is 11.8. The normalized spacial score (nSPS) is 18.1. The lowest BCUT2D eigenvalue weighted by atomic mass is 10.1. The number of rotatable bonds is 2. The summed E-state index contributed by atoms with van der Waals surface area (Å²) in [5.41, 5.74) is 8.57. The zero-order valence-electron chi connectivity index (χ0n) is 11.2. The summed E-state index contributed by atoms with van der Waals surface area (Å²) in [5.74, 6) is 0.832. The Kier molecular flexibility index (Phi) is 3.02. The van der Waals surface area contributed by atoms with Gasteiger partial charge in [-0.3, -0.25) is 0 Å². The van der Waals surface area contributed by atoms with E-state index in [9.17, 15) is 0 Å². The Labute approximate surface area is 117 Å². The molecule has 3 rings (SSSR count). The van der Waals surface area contributed by atoms with Gasteiger partial charge in [0.2, 0.25) is 0 Å². The molecule has 1 aromatic heterocycles. The molecule has 1 aromatic carbocycles. The largest absolute Gasteiger partial charge is 0.409 e. The Bertz CT molecular complexity index is 668. The Balaban J connectivity index is 2.05. The lowest BCUT2D eigenvalue weighted by Gasteiger charge is -2.24. The number of para-hydroxylation sites is 1. The van der Waals surface area contributed by atoms with Crippen LogP contribution >= 0.6 is 0 Å². The number of hydrogen-bond acceptors (Lipinski definition) is 4. The molecule has 0 radical (unpaired) electrons. The maximum Gasteiger partial charge on any atom is 0.188 e. The first-order valence-corrected chi connectivity index (χ1v) is 6.53. The maximum absolute atomic E-state index is 8.76. The van der Waals surface area contributed by atoms with E-state index in [1.54, 1.807) is 6.07 Å². The lowest BCUT2D eigenvalue weighted by Crippen LogP contribution is -2.26. The van der Waals surface area contributed by atoms with Crippen molar-refractivity contribution in [3.8, 4) is 0 Å². The second kappa shape index (κ2) is 4.85. The highest BCUT2D eigenvalue weighted by atomic mass is 16.4. The van der Waals surface area contributed by atoms with Gasteiger partial charge in [-0.05, 0) is 37.1 Å². The van der Waals surface area contributed by atoms with Gasteiger partial charge >= 0.3 is 0 Å². The molecule has 2 aromatic rings. The fraction of sp³-hybridized carbons (Fsp3) is 0.200. The monoisotopic (exact) mass is 268 g/mol. The van der Waals surface area contributed by atoms with Gasteiger partial charge in [0.15, 0.2) is 5.84 Å². The molecule has 2 heterocycles. The highest BCUT2D eigenvalue weighted by Gasteiger charge is 2.27. The summed E-state index contributed by atoms with van der Waals surface area (Å²) in [6.45, 7) is 2.16. The van der Waals surface area contributed by atoms with Crippen molar-refractivity contribution in [3.63, 3.8) is 0 Å². The first kappa shape index (κ1) is 12.5. The number of anilines is 2. The molecule has 3 N–H and O–H groups in total. The first-order chi connectivity index (χ1) is 9.70. The van der Waals surface area contributed by atoms with Crippen LogP contribution in [0.1, 0.15) is 18.2 Å². The van der Waals surface area contributed by atoms with E-state index in [-0.39, 0.29) is 5.84 Å². The lowest BCUT2D eigenvalue weighted by molar-refractivity contribution is 0.318. The van der Waals surface area contributed by atoms with E-state index in [2.05, 4.69) is 40.2 Å². The molecule has 0 amide bonds. The number of benzene rings is 1. The molecule has 0 bridgehead atoms. The molecule has 20 heavy (non-hydrogen) atoms. The predicted molar refractivity (Wildman–Crippen MR) is 78.5 cm³/mol. The van der Waals surface area contributed by atoms with Gasteiger partial charge in [-0.15, -0.1) is 0 Å². The minimum atomic E-state index is 0.0204. The van der Waals surface area contributed by atoms with Crippen LogP contribution in [0.4, 0.5) is 11.5 Å². The van der Waals surface area contributed by atoms with E-state index in [4.69, 9.17) is 10.9 Å². The van der Waals surface area contributed by atoms with Gasteiger partial charge in [0.25, 0.3) is 0 Å². The SMILES string of the molecule is CC1Cc2ccccc2N1c1cccc(C(N)=NO)n1. The van der Waals surface area contributed by atoms with E-state index in [1.165, 1.54) is 11.3 Å². The fourth-order valence-corrected chi connectivity index (χ4v) is 2.67. The van der Waals surface area contributed by atoms with Gasteiger partial charge in [-0.1, -0.05) is 29.4 Å². The third-order valence-electron chi connectivity index (χ3n) is 3.56. The van der Waals surface area contributed by atoms with Crippen molar-refractivity contribution in [2.45, 2.75) is 19.4 Å². The summed E-state index contributed by atoms with van der Waals surface area (Å²) >= 11 is 0. The standard InChI is InChI=1S/C15H16N4O/c1-10-9-11-5-2-3-7-13(11)19(10)14-8-4-6-12(17-14)15(16)18-20/h2-8,10,20H,9H2,1H3,(H2,16,18). The molecule has 0 saturated heterocycles. The number of nitrogens with zero attached hydrogens (tertiary/aromatic N) is 3. The molecule has 1 atom stereocenters. The van der Waals surface area contributed by atoms with Crippen molar-refractivity contribution in [3.05, 3.63) is 53.7 Å². The molecule has 1 aliphatic rings. The maximum atomic E-state index is 8.76. The van der Waals surface area contributed by atoms with Crippen LogP contribution in [0.5, 0.6) is 0 Å². The van der Waals surface area contributed by atoms with Crippen LogP contribution in [-0.4, -0.2) is 22.1 Å². The molecule has 1 unspecified atom stereocenters. The number of hydrogen-bond donors (Lipinski definition) is 2. The van der Waals surface area contributed by atoms with Crippen molar-refractivity contribution >= 4 is 17.3 Å². The van der Waals surface area contributed by atoms with Crippen LogP contribution in [0.3, 0.4) is 0 Å². The molecule has 1 aliphatic heterocycles. The molecule has 0 fully saturated rings. The Hall–Kier alpha value is -2.56. The van der Waals surface area contributed by atoms with Gasteiger partial charge in [0.1, 0.15) is 11.5 Å². The molecular weight excluding hydrogens is 252 g/mol. The average Bonchev–Trinajstić information content (AvgIpc) is 2.82.